The van der Waals surface area contributed by atoms with Crippen LogP contribution in [0.15, 0.2) is 24.3 Å². The van der Waals surface area contributed by atoms with E-state index in [1.54, 1.807) is 13.0 Å². The van der Waals surface area contributed by atoms with E-state index >= 15 is 0 Å². The van der Waals surface area contributed by atoms with Gasteiger partial charge in [-0.05, 0) is 30.5 Å². The highest BCUT2D eigenvalue weighted by molar-refractivity contribution is 5.73. The van der Waals surface area contributed by atoms with Gasteiger partial charge < -0.3 is 10.0 Å². The Labute approximate surface area is 141 Å². The molecule has 0 unspecified atom stereocenters. The summed E-state index contributed by atoms with van der Waals surface area (Å²) in [4.78, 5) is 27.2. The molecular formula is C18H23FN2O3. The number of piperidine rings is 1. The zero-order valence-corrected chi connectivity index (χ0v) is 13.8. The second-order valence-electron chi connectivity index (χ2n) is 6.80. The molecule has 1 N–H and O–H groups in total. The molecule has 24 heavy (non-hydrogen) atoms. The fraction of sp³-hybridized carbons (Fsp3) is 0.556. The third-order valence-corrected chi connectivity index (χ3v) is 5.37. The third-order valence-electron chi connectivity index (χ3n) is 5.37. The lowest BCUT2D eigenvalue weighted by atomic mass is 9.89. The van der Waals surface area contributed by atoms with Crippen molar-refractivity contribution >= 4 is 11.9 Å². The molecule has 2 aliphatic rings. The maximum Gasteiger partial charge on any atom is 0.308 e. The highest BCUT2D eigenvalue weighted by atomic mass is 19.1. The Morgan fingerprint density at radius 2 is 1.92 bits per heavy atom. The summed E-state index contributed by atoms with van der Waals surface area (Å²) in [5.41, 5.74) is 0.756. The molecule has 0 saturated carbocycles. The maximum absolute atomic E-state index is 13.5. The zero-order chi connectivity index (χ0) is 17.3. The highest BCUT2D eigenvalue weighted by Crippen LogP contribution is 2.35. The van der Waals surface area contributed by atoms with Crippen molar-refractivity contribution in [3.8, 4) is 0 Å². The number of halogens is 1. The smallest absolute Gasteiger partial charge is 0.308 e. The number of nitrogens with zero attached hydrogens (tertiary/aromatic N) is 2. The lowest BCUT2D eigenvalue weighted by molar-refractivity contribution is -0.141. The molecule has 0 aliphatic carbocycles. The maximum atomic E-state index is 13.5. The van der Waals surface area contributed by atoms with Gasteiger partial charge in [-0.2, -0.15) is 0 Å². The first-order valence-electron chi connectivity index (χ1n) is 8.43. The van der Waals surface area contributed by atoms with Gasteiger partial charge in [-0.15, -0.1) is 0 Å². The molecule has 2 heterocycles. The lowest BCUT2D eigenvalue weighted by Gasteiger charge is -2.36. The molecule has 2 fully saturated rings. The molecule has 2 atom stereocenters. The van der Waals surface area contributed by atoms with Gasteiger partial charge in [0.25, 0.3) is 0 Å². The monoisotopic (exact) mass is 334 g/mol. The van der Waals surface area contributed by atoms with E-state index in [4.69, 9.17) is 0 Å². The number of amides is 1. The van der Waals surface area contributed by atoms with Gasteiger partial charge >= 0.3 is 5.97 Å². The third kappa shape index (κ3) is 3.43. The fourth-order valence-corrected chi connectivity index (χ4v) is 4.00. The number of carbonyl (C=O) groups excluding carboxylic acids is 1. The molecule has 1 aromatic carbocycles. The van der Waals surface area contributed by atoms with Crippen LogP contribution in [-0.2, 0) is 9.59 Å². The predicted molar refractivity (Wildman–Crippen MR) is 87.1 cm³/mol. The second kappa shape index (κ2) is 6.89. The summed E-state index contributed by atoms with van der Waals surface area (Å²) in [6, 6.07) is 6.57. The van der Waals surface area contributed by atoms with E-state index in [0.717, 1.165) is 31.5 Å². The molecule has 6 heteroatoms. The van der Waals surface area contributed by atoms with E-state index in [0.29, 0.717) is 19.1 Å². The summed E-state index contributed by atoms with van der Waals surface area (Å²) in [6.07, 6.45) is 1.73. The fourth-order valence-electron chi connectivity index (χ4n) is 4.00. The number of carboxylic acid groups (broad SMARTS) is 1. The summed E-state index contributed by atoms with van der Waals surface area (Å²) < 4.78 is 13.5. The minimum atomic E-state index is -0.826. The molecule has 2 saturated heterocycles. The predicted octanol–water partition coefficient (Wildman–Crippen LogP) is 1.94. The average molecular weight is 334 g/mol. The Morgan fingerprint density at radius 3 is 2.50 bits per heavy atom. The summed E-state index contributed by atoms with van der Waals surface area (Å²) in [6.45, 7) is 4.14. The van der Waals surface area contributed by atoms with E-state index in [-0.39, 0.29) is 17.6 Å². The van der Waals surface area contributed by atoms with Crippen molar-refractivity contribution in [2.45, 2.75) is 31.7 Å². The molecule has 5 nitrogen and oxygen atoms in total. The molecule has 1 aromatic rings. The van der Waals surface area contributed by atoms with Crippen LogP contribution in [0, 0.1) is 11.7 Å². The number of rotatable bonds is 3. The van der Waals surface area contributed by atoms with Gasteiger partial charge in [-0.3, -0.25) is 14.5 Å². The second-order valence-corrected chi connectivity index (χ2v) is 6.80. The Kier molecular flexibility index (Phi) is 4.85. The van der Waals surface area contributed by atoms with Gasteiger partial charge in [0.15, 0.2) is 0 Å². The molecule has 2 aliphatic heterocycles. The highest BCUT2D eigenvalue weighted by Gasteiger charge is 2.41. The number of likely N-dealkylation sites (tertiary alicyclic amines) is 2. The Hall–Kier alpha value is -1.95. The molecule has 1 amide bonds. The van der Waals surface area contributed by atoms with Crippen molar-refractivity contribution in [2.24, 2.45) is 5.92 Å². The first kappa shape index (κ1) is 16.9. The first-order chi connectivity index (χ1) is 11.5. The minimum absolute atomic E-state index is 0.0934. The average Bonchev–Trinajstić information content (AvgIpc) is 3.00. The summed E-state index contributed by atoms with van der Waals surface area (Å²) in [7, 11) is 0. The van der Waals surface area contributed by atoms with Crippen LogP contribution in [0.2, 0.25) is 0 Å². The van der Waals surface area contributed by atoms with E-state index in [1.165, 1.54) is 12.1 Å². The van der Waals surface area contributed by atoms with Crippen LogP contribution in [0.1, 0.15) is 31.2 Å². The van der Waals surface area contributed by atoms with E-state index in [1.807, 2.05) is 11.0 Å². The van der Waals surface area contributed by atoms with Crippen molar-refractivity contribution < 1.29 is 19.1 Å². The van der Waals surface area contributed by atoms with Crippen molar-refractivity contribution in [2.75, 3.05) is 26.2 Å². The molecular weight excluding hydrogens is 311 g/mol. The van der Waals surface area contributed by atoms with Crippen molar-refractivity contribution in [1.82, 2.24) is 9.80 Å². The van der Waals surface area contributed by atoms with Gasteiger partial charge in [-0.25, -0.2) is 4.39 Å². The van der Waals surface area contributed by atoms with Crippen molar-refractivity contribution in [3.05, 3.63) is 35.6 Å². The lowest BCUT2D eigenvalue weighted by Crippen LogP contribution is -2.45. The molecule has 0 aromatic heterocycles. The van der Waals surface area contributed by atoms with Crippen LogP contribution < -0.4 is 0 Å². The Balaban J connectivity index is 1.71. The summed E-state index contributed by atoms with van der Waals surface area (Å²) in [5, 5.41) is 9.57. The van der Waals surface area contributed by atoms with Crippen LogP contribution in [0.5, 0.6) is 0 Å². The van der Waals surface area contributed by atoms with E-state index < -0.39 is 11.9 Å². The van der Waals surface area contributed by atoms with Gasteiger partial charge in [0, 0.05) is 45.1 Å². The number of hydrogen-bond donors (Lipinski definition) is 1. The Morgan fingerprint density at radius 1 is 1.21 bits per heavy atom. The first-order valence-corrected chi connectivity index (χ1v) is 8.43. The van der Waals surface area contributed by atoms with E-state index in [9.17, 15) is 19.1 Å². The van der Waals surface area contributed by atoms with Gasteiger partial charge in [0.2, 0.25) is 5.91 Å². The number of hydrogen-bond acceptors (Lipinski definition) is 3. The van der Waals surface area contributed by atoms with Crippen molar-refractivity contribution in [3.63, 3.8) is 0 Å². The van der Waals surface area contributed by atoms with Crippen LogP contribution in [0.4, 0.5) is 4.39 Å². The normalized spacial score (nSPS) is 25.8. The topological polar surface area (TPSA) is 60.9 Å². The minimum Gasteiger partial charge on any atom is -0.481 e. The molecule has 130 valence electrons. The van der Waals surface area contributed by atoms with Crippen LogP contribution >= 0.6 is 0 Å². The number of carboxylic acids is 1. The van der Waals surface area contributed by atoms with Gasteiger partial charge in [0.1, 0.15) is 5.82 Å². The summed E-state index contributed by atoms with van der Waals surface area (Å²) in [5.74, 6) is -1.77. The number of benzene rings is 1. The number of carbonyl (C=O) groups is 2. The van der Waals surface area contributed by atoms with Crippen LogP contribution in [0.3, 0.4) is 0 Å². The standard InChI is InChI=1S/C18H23FN2O3/c1-12(22)20-7-5-15(6-8-20)21-10-16(17(11-21)18(23)24)13-3-2-4-14(19)9-13/h2-4,9,15-17H,5-8,10-11H2,1H3,(H,23,24)/t16-,17+/m0/s1. The zero-order valence-electron chi connectivity index (χ0n) is 13.8. The quantitative estimate of drug-likeness (QED) is 0.918. The SMILES string of the molecule is CC(=O)N1CCC(N2C[C@@H](C(=O)O)[C@H](c3cccc(F)c3)C2)CC1. The molecule has 0 bridgehead atoms. The van der Waals surface area contributed by atoms with Gasteiger partial charge in [-0.1, -0.05) is 12.1 Å². The van der Waals surface area contributed by atoms with Crippen LogP contribution in [0.25, 0.3) is 0 Å². The number of aliphatic carboxylic acids is 1. The summed E-state index contributed by atoms with van der Waals surface area (Å²) >= 11 is 0. The van der Waals surface area contributed by atoms with Crippen LogP contribution in [-0.4, -0.2) is 59.0 Å². The molecule has 3 rings (SSSR count). The Bertz CT molecular complexity index is 628. The molecule has 0 radical (unpaired) electrons. The molecule has 0 spiro atoms. The largest absolute Gasteiger partial charge is 0.481 e. The van der Waals surface area contributed by atoms with E-state index in [2.05, 4.69) is 4.90 Å². The van der Waals surface area contributed by atoms with Crippen molar-refractivity contribution in [1.29, 1.82) is 0 Å². The van der Waals surface area contributed by atoms with Gasteiger partial charge in [0.05, 0.1) is 5.92 Å².